The van der Waals surface area contributed by atoms with E-state index in [1.807, 2.05) is 6.92 Å². The second kappa shape index (κ2) is 7.42. The molecule has 2 aromatic rings. The van der Waals surface area contributed by atoms with Crippen LogP contribution in [-0.4, -0.2) is 30.3 Å². The Bertz CT molecular complexity index is 824. The van der Waals surface area contributed by atoms with Gasteiger partial charge in [-0.15, -0.1) is 6.58 Å². The van der Waals surface area contributed by atoms with Gasteiger partial charge in [0.15, 0.2) is 0 Å². The summed E-state index contributed by atoms with van der Waals surface area (Å²) in [7, 11) is -3.66. The van der Waals surface area contributed by atoms with E-state index in [0.717, 1.165) is 5.56 Å². The highest BCUT2D eigenvalue weighted by Crippen LogP contribution is 2.19. The first kappa shape index (κ1) is 17.9. The molecule has 0 unspecified atom stereocenters. The molecule has 0 heterocycles. The first-order valence-electron chi connectivity index (χ1n) is 7.34. The minimum Gasteiger partial charge on any atom is -0.478 e. The van der Waals surface area contributed by atoms with E-state index in [2.05, 4.69) is 6.58 Å². The molecule has 0 aliphatic carbocycles. The first-order chi connectivity index (χ1) is 11.3. The van der Waals surface area contributed by atoms with Crippen LogP contribution in [0.2, 0.25) is 0 Å². The SMILES string of the molecule is C=CCN(Cc1ccc(C(=O)O)cc1)S(=O)(=O)c1ccc(C)cc1. The van der Waals surface area contributed by atoms with Crippen LogP contribution in [0.15, 0.2) is 66.1 Å². The van der Waals surface area contributed by atoms with Gasteiger partial charge in [-0.2, -0.15) is 4.31 Å². The third kappa shape index (κ3) is 4.10. The van der Waals surface area contributed by atoms with Crippen molar-refractivity contribution in [2.45, 2.75) is 18.4 Å². The summed E-state index contributed by atoms with van der Waals surface area (Å²) in [4.78, 5) is 11.1. The average molecular weight is 345 g/mol. The van der Waals surface area contributed by atoms with Gasteiger partial charge in [-0.25, -0.2) is 13.2 Å². The number of sulfonamides is 1. The number of hydrogen-bond donors (Lipinski definition) is 1. The Morgan fingerprint density at radius 2 is 1.71 bits per heavy atom. The molecule has 0 amide bonds. The molecule has 0 aromatic heterocycles. The normalized spacial score (nSPS) is 11.4. The fraction of sp³-hybridized carbons (Fsp3) is 0.167. The molecule has 0 saturated heterocycles. The third-order valence-electron chi connectivity index (χ3n) is 3.55. The Hall–Kier alpha value is -2.44. The standard InChI is InChI=1S/C18H19NO4S/c1-3-12-19(13-15-6-8-16(9-7-15)18(20)21)24(22,23)17-10-4-14(2)5-11-17/h3-11H,1,12-13H2,2H3,(H,20,21). The summed E-state index contributed by atoms with van der Waals surface area (Å²) in [6.45, 7) is 5.81. The number of benzene rings is 2. The fourth-order valence-corrected chi connectivity index (χ4v) is 3.61. The van der Waals surface area contributed by atoms with Gasteiger partial charge in [0.2, 0.25) is 10.0 Å². The van der Waals surface area contributed by atoms with Gasteiger partial charge in [-0.3, -0.25) is 0 Å². The molecule has 1 N–H and O–H groups in total. The predicted octanol–water partition coefficient (Wildman–Crippen LogP) is 3.07. The summed E-state index contributed by atoms with van der Waals surface area (Å²) in [6, 6.07) is 12.8. The van der Waals surface area contributed by atoms with Crippen molar-refractivity contribution in [3.63, 3.8) is 0 Å². The van der Waals surface area contributed by atoms with Crippen LogP contribution in [0.3, 0.4) is 0 Å². The van der Waals surface area contributed by atoms with E-state index in [4.69, 9.17) is 5.11 Å². The molecular formula is C18H19NO4S. The van der Waals surface area contributed by atoms with Crippen LogP contribution in [0, 0.1) is 6.92 Å². The highest BCUT2D eigenvalue weighted by molar-refractivity contribution is 7.89. The Balaban J connectivity index is 2.29. The highest BCUT2D eigenvalue weighted by Gasteiger charge is 2.23. The largest absolute Gasteiger partial charge is 0.478 e. The van der Waals surface area contributed by atoms with Crippen LogP contribution < -0.4 is 0 Å². The Morgan fingerprint density at radius 3 is 2.21 bits per heavy atom. The third-order valence-corrected chi connectivity index (χ3v) is 5.38. The average Bonchev–Trinajstić information content (AvgIpc) is 2.55. The maximum Gasteiger partial charge on any atom is 0.335 e. The van der Waals surface area contributed by atoms with Crippen LogP contribution in [0.1, 0.15) is 21.5 Å². The van der Waals surface area contributed by atoms with Gasteiger partial charge in [0, 0.05) is 13.1 Å². The van der Waals surface area contributed by atoms with E-state index in [-0.39, 0.29) is 23.5 Å². The van der Waals surface area contributed by atoms with Crippen molar-refractivity contribution in [2.24, 2.45) is 0 Å². The monoisotopic (exact) mass is 345 g/mol. The summed E-state index contributed by atoms with van der Waals surface area (Å²) in [5, 5.41) is 8.92. The number of carbonyl (C=O) groups is 1. The molecule has 0 aliphatic heterocycles. The molecule has 0 bridgehead atoms. The maximum absolute atomic E-state index is 12.8. The van der Waals surface area contributed by atoms with Gasteiger partial charge in [0.1, 0.15) is 0 Å². The van der Waals surface area contributed by atoms with E-state index in [9.17, 15) is 13.2 Å². The lowest BCUT2D eigenvalue weighted by Gasteiger charge is -2.21. The van der Waals surface area contributed by atoms with Gasteiger partial charge in [-0.1, -0.05) is 35.9 Å². The van der Waals surface area contributed by atoms with E-state index in [1.165, 1.54) is 22.5 Å². The number of rotatable bonds is 7. The van der Waals surface area contributed by atoms with Crippen molar-refractivity contribution in [3.05, 3.63) is 77.9 Å². The molecule has 24 heavy (non-hydrogen) atoms. The molecule has 6 heteroatoms. The van der Waals surface area contributed by atoms with Crippen LogP contribution in [0.5, 0.6) is 0 Å². The van der Waals surface area contributed by atoms with E-state index >= 15 is 0 Å². The summed E-state index contributed by atoms with van der Waals surface area (Å²) < 4.78 is 26.9. The Labute approximate surface area is 141 Å². The number of nitrogens with zero attached hydrogens (tertiary/aromatic N) is 1. The molecule has 0 saturated carbocycles. The maximum atomic E-state index is 12.8. The van der Waals surface area contributed by atoms with Crippen molar-refractivity contribution in [1.82, 2.24) is 4.31 Å². The van der Waals surface area contributed by atoms with Gasteiger partial charge in [0.25, 0.3) is 0 Å². The van der Waals surface area contributed by atoms with E-state index in [1.54, 1.807) is 36.4 Å². The molecule has 2 rings (SSSR count). The van der Waals surface area contributed by atoms with Crippen molar-refractivity contribution in [3.8, 4) is 0 Å². The molecule has 0 aliphatic rings. The lowest BCUT2D eigenvalue weighted by Crippen LogP contribution is -2.30. The van der Waals surface area contributed by atoms with Crippen molar-refractivity contribution < 1.29 is 18.3 Å². The van der Waals surface area contributed by atoms with Gasteiger partial charge >= 0.3 is 5.97 Å². The number of carboxylic acids is 1. The molecular weight excluding hydrogens is 326 g/mol. The summed E-state index contributed by atoms with van der Waals surface area (Å²) >= 11 is 0. The van der Waals surface area contributed by atoms with Crippen LogP contribution in [-0.2, 0) is 16.6 Å². The lowest BCUT2D eigenvalue weighted by atomic mass is 10.1. The van der Waals surface area contributed by atoms with Crippen molar-refractivity contribution in [1.29, 1.82) is 0 Å². The second-order valence-electron chi connectivity index (χ2n) is 5.40. The van der Waals surface area contributed by atoms with Gasteiger partial charge < -0.3 is 5.11 Å². The fourth-order valence-electron chi connectivity index (χ4n) is 2.21. The van der Waals surface area contributed by atoms with Gasteiger partial charge in [-0.05, 0) is 36.8 Å². The number of aromatic carboxylic acids is 1. The second-order valence-corrected chi connectivity index (χ2v) is 7.34. The first-order valence-corrected chi connectivity index (χ1v) is 8.78. The summed E-state index contributed by atoms with van der Waals surface area (Å²) in [5.74, 6) is -1.02. The molecule has 2 aromatic carbocycles. The van der Waals surface area contributed by atoms with Crippen molar-refractivity contribution >= 4 is 16.0 Å². The van der Waals surface area contributed by atoms with Gasteiger partial charge in [0.05, 0.1) is 10.5 Å². The molecule has 0 fully saturated rings. The zero-order valence-corrected chi connectivity index (χ0v) is 14.2. The molecule has 0 radical (unpaired) electrons. The molecule has 126 valence electrons. The molecule has 5 nitrogen and oxygen atoms in total. The number of hydrogen-bond acceptors (Lipinski definition) is 3. The Kier molecular flexibility index (Phi) is 5.54. The molecule has 0 spiro atoms. The van der Waals surface area contributed by atoms with Crippen LogP contribution in [0.25, 0.3) is 0 Å². The molecule has 0 atom stereocenters. The zero-order valence-electron chi connectivity index (χ0n) is 13.3. The minimum atomic E-state index is -3.66. The predicted molar refractivity (Wildman–Crippen MR) is 92.4 cm³/mol. The lowest BCUT2D eigenvalue weighted by molar-refractivity contribution is 0.0697. The van der Waals surface area contributed by atoms with Crippen LogP contribution >= 0.6 is 0 Å². The summed E-state index contributed by atoms with van der Waals surface area (Å²) in [6.07, 6.45) is 1.53. The van der Waals surface area contributed by atoms with Crippen LogP contribution in [0.4, 0.5) is 0 Å². The summed E-state index contributed by atoms with van der Waals surface area (Å²) in [5.41, 5.74) is 1.85. The number of carboxylic acid groups (broad SMARTS) is 1. The van der Waals surface area contributed by atoms with E-state index in [0.29, 0.717) is 5.56 Å². The van der Waals surface area contributed by atoms with E-state index < -0.39 is 16.0 Å². The smallest absolute Gasteiger partial charge is 0.335 e. The Morgan fingerprint density at radius 1 is 1.12 bits per heavy atom. The highest BCUT2D eigenvalue weighted by atomic mass is 32.2. The quantitative estimate of drug-likeness (QED) is 0.783. The zero-order chi connectivity index (χ0) is 17.7. The number of aryl methyl sites for hydroxylation is 1. The topological polar surface area (TPSA) is 74.7 Å². The van der Waals surface area contributed by atoms with Crippen molar-refractivity contribution in [2.75, 3.05) is 6.54 Å². The minimum absolute atomic E-state index is 0.141.